The van der Waals surface area contributed by atoms with Crippen LogP contribution in [-0.4, -0.2) is 50.7 Å². The highest BCUT2D eigenvalue weighted by Crippen LogP contribution is 2.55. The lowest BCUT2D eigenvalue weighted by Gasteiger charge is -2.32. The summed E-state index contributed by atoms with van der Waals surface area (Å²) in [6, 6.07) is 23.2. The molecular weight excluding hydrogens is 932 g/mol. The van der Waals surface area contributed by atoms with Gasteiger partial charge in [-0.25, -0.2) is 0 Å². The molecule has 0 bridgehead atoms. The fraction of sp³-hybridized carbons (Fsp3) is 0.400. The van der Waals surface area contributed by atoms with E-state index in [0.717, 1.165) is 45.1 Å². The van der Waals surface area contributed by atoms with Crippen LogP contribution in [-0.2, 0) is 73.3 Å². The van der Waals surface area contributed by atoms with Crippen molar-refractivity contribution in [1.29, 1.82) is 0 Å². The maximum Gasteiger partial charge on any atom is 0.421 e. The van der Waals surface area contributed by atoms with Crippen LogP contribution in [0.1, 0.15) is 108 Å². The molecule has 0 aromatic heterocycles. The third-order valence-electron chi connectivity index (χ3n) is 12.4. The number of fused-ring (bicyclic) bond motifs is 6. The summed E-state index contributed by atoms with van der Waals surface area (Å²) in [4.78, 5) is 0. The van der Waals surface area contributed by atoms with Crippen LogP contribution in [0.25, 0.3) is 0 Å². The normalized spacial score (nSPS) is 21.8. The minimum absolute atomic E-state index is 0.00463. The molecule has 0 radical (unpaired) electrons. The van der Waals surface area contributed by atoms with Gasteiger partial charge in [-0.3, -0.25) is 0 Å². The zero-order valence-electron chi connectivity index (χ0n) is 37.4. The number of aromatic hydroxyl groups is 5. The summed E-state index contributed by atoms with van der Waals surface area (Å²) >= 11 is 0. The standard InChI is InChI=1S/C11H14O2.2C10H9F3O2.C10H10O2.C9H7F3O2/c1-11(2)7-13-6-8-3-4-9(12)5-10(8)11;1-9(10(11,12)13)8-4-7(14)3-2-6(8)5-15-9;11-10(12,13)4-9-8-3-7(14)2-1-6(8)5-15-9;11-8-2-1-7-6-12-10(3-4-10)9(7)5-8;10-9(11,12)8-7-3-6(13)2-1-5(7)4-14-8/h3-5,12H,6-7H2,1-2H3;2-4,14H,5H2,1H3;1-3,9,14H,4-5H2;1-2,5,11H,3-4,6H2;1-3,8,13H,4H2. The summed E-state index contributed by atoms with van der Waals surface area (Å²) in [7, 11) is 0. The molecule has 372 valence electrons. The summed E-state index contributed by atoms with van der Waals surface area (Å²) in [6.07, 6.45) is -14.8. The van der Waals surface area contributed by atoms with E-state index in [2.05, 4.69) is 18.6 Å². The van der Waals surface area contributed by atoms with E-state index in [4.69, 9.17) is 24.1 Å². The van der Waals surface area contributed by atoms with E-state index in [9.17, 15) is 59.9 Å². The molecule has 5 N–H and O–H groups in total. The van der Waals surface area contributed by atoms with Crippen LogP contribution < -0.4 is 0 Å². The van der Waals surface area contributed by atoms with Crippen LogP contribution >= 0.6 is 0 Å². The molecule has 11 rings (SSSR count). The lowest BCUT2D eigenvalue weighted by molar-refractivity contribution is -0.272. The van der Waals surface area contributed by atoms with Gasteiger partial charge >= 0.3 is 18.5 Å². The SMILES string of the molecule is CC1(C(F)(F)F)OCc2ccc(O)cc21.CC1(C)COCc2ccc(O)cc21.Oc1ccc2c(c1)C(C(F)(F)F)OC2.Oc1ccc2c(c1)C(CC(F)(F)F)OC2.Oc1ccc2c(c1)C1(CC1)OC2. The Balaban J connectivity index is 0.000000128. The number of benzene rings is 5. The van der Waals surface area contributed by atoms with E-state index in [1.54, 1.807) is 18.2 Å². The van der Waals surface area contributed by atoms with E-state index in [1.165, 1.54) is 58.7 Å². The third kappa shape index (κ3) is 11.7. The molecule has 10 nitrogen and oxygen atoms in total. The Hall–Kier alpha value is -5.73. The summed E-state index contributed by atoms with van der Waals surface area (Å²) in [5.41, 5.74) is 4.67. The summed E-state index contributed by atoms with van der Waals surface area (Å²) in [6.45, 7) is 7.38. The van der Waals surface area contributed by atoms with Gasteiger partial charge < -0.3 is 49.2 Å². The van der Waals surface area contributed by atoms with Gasteiger partial charge in [0, 0.05) is 11.0 Å². The molecule has 3 atom stereocenters. The van der Waals surface area contributed by atoms with Crippen molar-refractivity contribution < 1.29 is 88.7 Å². The number of phenols is 5. The number of halogens is 9. The van der Waals surface area contributed by atoms with E-state index in [0.29, 0.717) is 40.4 Å². The van der Waals surface area contributed by atoms with E-state index in [-0.39, 0.29) is 59.2 Å². The Morgan fingerprint density at radius 3 is 1.49 bits per heavy atom. The third-order valence-corrected chi connectivity index (χ3v) is 12.4. The quantitative estimate of drug-likeness (QED) is 0.103. The largest absolute Gasteiger partial charge is 0.508 e. The van der Waals surface area contributed by atoms with Crippen LogP contribution in [0.4, 0.5) is 39.5 Å². The lowest BCUT2D eigenvalue weighted by Crippen LogP contribution is -2.38. The minimum atomic E-state index is -4.48. The van der Waals surface area contributed by atoms with Crippen LogP contribution in [0.3, 0.4) is 0 Å². The Kier molecular flexibility index (Phi) is 14.2. The van der Waals surface area contributed by atoms with Crippen LogP contribution in [0, 0.1) is 0 Å². The molecule has 5 aromatic carbocycles. The van der Waals surface area contributed by atoms with Crippen molar-refractivity contribution in [3.8, 4) is 28.7 Å². The minimum Gasteiger partial charge on any atom is -0.508 e. The maximum atomic E-state index is 12.7. The highest BCUT2D eigenvalue weighted by Gasteiger charge is 2.57. The topological polar surface area (TPSA) is 147 Å². The van der Waals surface area contributed by atoms with Crippen molar-refractivity contribution in [3.63, 3.8) is 0 Å². The first kappa shape index (κ1) is 51.1. The first-order valence-electron chi connectivity index (χ1n) is 21.6. The highest BCUT2D eigenvalue weighted by molar-refractivity contribution is 5.45. The monoisotopic (exact) mass is 980 g/mol. The van der Waals surface area contributed by atoms with Crippen molar-refractivity contribution in [2.75, 3.05) is 6.61 Å². The van der Waals surface area contributed by atoms with Gasteiger partial charge in [-0.15, -0.1) is 0 Å². The summed E-state index contributed by atoms with van der Waals surface area (Å²) < 4.78 is 137. The zero-order chi connectivity index (χ0) is 50.3. The van der Waals surface area contributed by atoms with Gasteiger partial charge in [0.2, 0.25) is 0 Å². The molecule has 69 heavy (non-hydrogen) atoms. The first-order valence-corrected chi connectivity index (χ1v) is 21.6. The average Bonchev–Trinajstić information content (AvgIpc) is 3.47. The molecule has 1 saturated carbocycles. The fourth-order valence-corrected chi connectivity index (χ4v) is 8.58. The lowest BCUT2D eigenvalue weighted by atomic mass is 9.81. The van der Waals surface area contributed by atoms with Crippen LogP contribution in [0.15, 0.2) is 91.0 Å². The predicted octanol–water partition coefficient (Wildman–Crippen LogP) is 12.3. The second kappa shape index (κ2) is 19.2. The first-order chi connectivity index (χ1) is 32.2. The summed E-state index contributed by atoms with van der Waals surface area (Å²) in [5, 5.41) is 46.1. The molecule has 0 amide bonds. The van der Waals surface area contributed by atoms with Gasteiger partial charge in [0.15, 0.2) is 11.7 Å². The molecule has 1 aliphatic carbocycles. The van der Waals surface area contributed by atoms with Crippen molar-refractivity contribution in [3.05, 3.63) is 147 Å². The van der Waals surface area contributed by atoms with Gasteiger partial charge in [0.25, 0.3) is 0 Å². The van der Waals surface area contributed by atoms with Gasteiger partial charge in [0.05, 0.1) is 57.8 Å². The van der Waals surface area contributed by atoms with Gasteiger partial charge in [-0.1, -0.05) is 44.2 Å². The van der Waals surface area contributed by atoms with Crippen molar-refractivity contribution in [2.24, 2.45) is 0 Å². The van der Waals surface area contributed by atoms with Gasteiger partial charge in [-0.05, 0) is 131 Å². The molecular formula is C50H49F9O10. The second-order valence-corrected chi connectivity index (χ2v) is 18.1. The molecule has 1 spiro atoms. The van der Waals surface area contributed by atoms with Crippen molar-refractivity contribution in [2.45, 2.75) is 120 Å². The Labute approximate surface area is 390 Å². The smallest absolute Gasteiger partial charge is 0.421 e. The molecule has 19 heteroatoms. The Morgan fingerprint density at radius 1 is 0.507 bits per heavy atom. The second-order valence-electron chi connectivity index (χ2n) is 18.1. The molecule has 5 aliphatic heterocycles. The number of alkyl halides is 9. The van der Waals surface area contributed by atoms with Gasteiger partial charge in [0.1, 0.15) is 28.7 Å². The van der Waals surface area contributed by atoms with E-state index in [1.807, 2.05) is 24.3 Å². The van der Waals surface area contributed by atoms with Crippen molar-refractivity contribution >= 4 is 0 Å². The van der Waals surface area contributed by atoms with Crippen molar-refractivity contribution in [1.82, 2.24) is 0 Å². The van der Waals surface area contributed by atoms with Crippen LogP contribution in [0.2, 0.25) is 0 Å². The zero-order valence-corrected chi connectivity index (χ0v) is 37.4. The Morgan fingerprint density at radius 2 is 0.957 bits per heavy atom. The van der Waals surface area contributed by atoms with E-state index >= 15 is 0 Å². The van der Waals surface area contributed by atoms with E-state index < -0.39 is 42.8 Å². The number of rotatable bonds is 1. The number of hydrogen-bond donors (Lipinski definition) is 5. The molecule has 3 unspecified atom stereocenters. The molecule has 0 saturated heterocycles. The Bertz CT molecular complexity index is 2640. The number of ether oxygens (including phenoxy) is 5. The summed E-state index contributed by atoms with van der Waals surface area (Å²) in [5.74, 6) is 0.295. The number of hydrogen-bond acceptors (Lipinski definition) is 10. The maximum absolute atomic E-state index is 12.7. The number of phenolic OH excluding ortho intramolecular Hbond substituents is 5. The highest BCUT2D eigenvalue weighted by atomic mass is 19.4. The predicted molar refractivity (Wildman–Crippen MR) is 229 cm³/mol. The average molecular weight is 981 g/mol. The van der Waals surface area contributed by atoms with Crippen LogP contribution in [0.5, 0.6) is 28.7 Å². The molecule has 6 aliphatic rings. The van der Waals surface area contributed by atoms with Gasteiger partial charge in [-0.2, -0.15) is 39.5 Å². The molecule has 5 aromatic rings. The fourth-order valence-electron chi connectivity index (χ4n) is 8.58. The molecule has 5 heterocycles. The molecule has 1 fully saturated rings.